The fraction of sp³-hybridized carbons (Fsp3) is 0.0270. The topological polar surface area (TPSA) is 0 Å². The average molecular weight is 578 g/mol. The van der Waals surface area contributed by atoms with Crippen LogP contribution in [0.4, 0.5) is 0 Å². The van der Waals surface area contributed by atoms with Crippen molar-refractivity contribution in [2.24, 2.45) is 0 Å². The molecule has 0 fully saturated rings. The van der Waals surface area contributed by atoms with Crippen LogP contribution in [0.15, 0.2) is 132 Å². The van der Waals surface area contributed by atoms with Crippen molar-refractivity contribution in [1.29, 1.82) is 0 Å². The Balaban J connectivity index is 1.54. The van der Waals surface area contributed by atoms with Crippen molar-refractivity contribution < 1.29 is 0 Å². The highest BCUT2D eigenvalue weighted by Gasteiger charge is 2.49. The number of hydrogen-bond acceptors (Lipinski definition) is 1. The summed E-state index contributed by atoms with van der Waals surface area (Å²) in [6.07, 6.45) is 0. The minimum absolute atomic E-state index is 0.429. The highest BCUT2D eigenvalue weighted by Crippen LogP contribution is 2.62. The summed E-state index contributed by atoms with van der Waals surface area (Å²) >= 11 is 5.72. The molecule has 0 aliphatic heterocycles. The van der Waals surface area contributed by atoms with Crippen LogP contribution in [0.25, 0.3) is 53.6 Å². The summed E-state index contributed by atoms with van der Waals surface area (Å²) in [5, 5.41) is 2.69. The summed E-state index contributed by atoms with van der Waals surface area (Å²) in [5.74, 6) is 0. The molecule has 39 heavy (non-hydrogen) atoms. The highest BCUT2D eigenvalue weighted by molar-refractivity contribution is 9.10. The van der Waals surface area contributed by atoms with E-state index in [0.29, 0.717) is 0 Å². The Hall–Kier alpha value is -3.98. The van der Waals surface area contributed by atoms with Crippen molar-refractivity contribution in [1.82, 2.24) is 0 Å². The minimum atomic E-state index is -0.429. The predicted molar refractivity (Wildman–Crippen MR) is 169 cm³/mol. The molecule has 0 saturated carbocycles. The highest BCUT2D eigenvalue weighted by atomic mass is 79.9. The minimum Gasteiger partial charge on any atom is -0.135 e. The van der Waals surface area contributed by atoms with Crippen molar-refractivity contribution in [2.75, 3.05) is 0 Å². The first-order chi connectivity index (χ1) is 19.2. The molecule has 2 aliphatic rings. The molecule has 182 valence electrons. The summed E-state index contributed by atoms with van der Waals surface area (Å²) in [7, 11) is 0. The number of halogens is 1. The van der Waals surface area contributed by atoms with Crippen molar-refractivity contribution in [3.63, 3.8) is 0 Å². The molecule has 0 nitrogen and oxygen atoms in total. The molecule has 0 N–H and O–H groups in total. The van der Waals surface area contributed by atoms with Gasteiger partial charge in [0.25, 0.3) is 0 Å². The van der Waals surface area contributed by atoms with Gasteiger partial charge in [-0.3, -0.25) is 0 Å². The van der Waals surface area contributed by atoms with E-state index in [2.05, 4.69) is 143 Å². The normalized spacial score (nSPS) is 16.4. The maximum Gasteiger partial charge on any atom is 0.0726 e. The smallest absolute Gasteiger partial charge is 0.0726 e. The first-order valence-corrected chi connectivity index (χ1v) is 14.9. The van der Waals surface area contributed by atoms with Crippen LogP contribution >= 0.6 is 27.3 Å². The quantitative estimate of drug-likeness (QED) is 0.168. The van der Waals surface area contributed by atoms with E-state index in [0.717, 1.165) is 4.47 Å². The number of benzene rings is 6. The van der Waals surface area contributed by atoms with Gasteiger partial charge in [-0.2, -0.15) is 0 Å². The zero-order valence-electron chi connectivity index (χ0n) is 20.9. The van der Waals surface area contributed by atoms with Gasteiger partial charge in [0, 0.05) is 24.6 Å². The van der Waals surface area contributed by atoms with E-state index in [1.807, 2.05) is 11.3 Å². The molecule has 0 amide bonds. The second kappa shape index (κ2) is 7.79. The summed E-state index contributed by atoms with van der Waals surface area (Å²) in [5.41, 5.74) is 12.9. The van der Waals surface area contributed by atoms with Crippen LogP contribution in [-0.2, 0) is 5.41 Å². The van der Waals surface area contributed by atoms with Gasteiger partial charge in [0.05, 0.1) is 5.41 Å². The summed E-state index contributed by atoms with van der Waals surface area (Å²) in [6, 6.07) is 47.8. The third-order valence-corrected chi connectivity index (χ3v) is 10.4. The van der Waals surface area contributed by atoms with Gasteiger partial charge in [0.2, 0.25) is 0 Å². The van der Waals surface area contributed by atoms with E-state index in [-0.39, 0.29) is 0 Å². The molecular weight excluding hydrogens is 556 g/mol. The SMILES string of the molecule is Brc1ccc2c(c1)-c1ccccc1-c1ccccc1C21c2ccccc2-c2cc3c(cc21)sc1ccccc13. The Bertz CT molecular complexity index is 2150. The van der Waals surface area contributed by atoms with E-state index in [1.165, 1.54) is 75.8 Å². The van der Waals surface area contributed by atoms with Crippen LogP contribution in [0, 0.1) is 0 Å². The largest absolute Gasteiger partial charge is 0.135 e. The predicted octanol–water partition coefficient (Wildman–Crippen LogP) is 10.8. The van der Waals surface area contributed by atoms with Gasteiger partial charge in [-0.15, -0.1) is 11.3 Å². The second-order valence-electron chi connectivity index (χ2n) is 10.6. The average Bonchev–Trinajstić information content (AvgIpc) is 3.46. The van der Waals surface area contributed by atoms with Gasteiger partial charge in [0.15, 0.2) is 0 Å². The lowest BCUT2D eigenvalue weighted by atomic mass is 9.66. The number of thiophene rings is 1. The summed E-state index contributed by atoms with van der Waals surface area (Å²) < 4.78 is 3.79. The third-order valence-electron chi connectivity index (χ3n) is 8.77. The zero-order chi connectivity index (χ0) is 25.7. The lowest BCUT2D eigenvalue weighted by molar-refractivity contribution is 0.776. The summed E-state index contributed by atoms with van der Waals surface area (Å²) in [6.45, 7) is 0. The first kappa shape index (κ1) is 21.9. The standard InChI is InChI=1S/C37H21BrS/c38-22-17-18-33-28(19-22)24-10-2-1-9-23(24)25-11-3-6-14-31(25)37(33)32-15-7-4-12-26(32)29-20-30-27-13-5-8-16-35(27)39-36(30)21-34(29)37/h1-21H. The Kier molecular flexibility index (Phi) is 4.37. The van der Waals surface area contributed by atoms with Crippen LogP contribution < -0.4 is 0 Å². The lowest BCUT2D eigenvalue weighted by Gasteiger charge is -2.35. The molecule has 2 heteroatoms. The first-order valence-electron chi connectivity index (χ1n) is 13.3. The van der Waals surface area contributed by atoms with Crippen molar-refractivity contribution >= 4 is 47.4 Å². The van der Waals surface area contributed by atoms with E-state index in [1.54, 1.807) is 0 Å². The van der Waals surface area contributed by atoms with Crippen molar-refractivity contribution in [3.8, 4) is 33.4 Å². The molecule has 6 aromatic carbocycles. The molecule has 7 aromatic rings. The Morgan fingerprint density at radius 3 is 1.74 bits per heavy atom. The lowest BCUT2D eigenvalue weighted by Crippen LogP contribution is -2.29. The molecule has 1 aromatic heterocycles. The van der Waals surface area contributed by atoms with Crippen LogP contribution in [0.1, 0.15) is 22.3 Å². The maximum atomic E-state index is 3.82. The monoisotopic (exact) mass is 576 g/mol. The molecule has 1 spiro atoms. The maximum absolute atomic E-state index is 3.82. The van der Waals surface area contributed by atoms with Gasteiger partial charge in [-0.25, -0.2) is 0 Å². The molecule has 1 heterocycles. The molecule has 9 rings (SSSR count). The molecule has 0 bridgehead atoms. The second-order valence-corrected chi connectivity index (χ2v) is 12.6. The molecule has 2 aliphatic carbocycles. The van der Waals surface area contributed by atoms with Crippen LogP contribution in [0.2, 0.25) is 0 Å². The Morgan fingerprint density at radius 2 is 0.974 bits per heavy atom. The fourth-order valence-corrected chi connectivity index (χ4v) is 8.77. The van der Waals surface area contributed by atoms with E-state index in [9.17, 15) is 0 Å². The van der Waals surface area contributed by atoms with Crippen LogP contribution in [-0.4, -0.2) is 0 Å². The molecule has 1 atom stereocenters. The molecule has 0 radical (unpaired) electrons. The van der Waals surface area contributed by atoms with Gasteiger partial charge >= 0.3 is 0 Å². The van der Waals surface area contributed by atoms with E-state index in [4.69, 9.17) is 0 Å². The van der Waals surface area contributed by atoms with Gasteiger partial charge in [-0.05, 0) is 86.0 Å². The van der Waals surface area contributed by atoms with Crippen LogP contribution in [0.3, 0.4) is 0 Å². The van der Waals surface area contributed by atoms with Crippen LogP contribution in [0.5, 0.6) is 0 Å². The third kappa shape index (κ3) is 2.73. The van der Waals surface area contributed by atoms with Gasteiger partial charge < -0.3 is 0 Å². The number of fused-ring (bicyclic) bond motifs is 15. The number of hydrogen-bond donors (Lipinski definition) is 0. The van der Waals surface area contributed by atoms with Crippen molar-refractivity contribution in [3.05, 3.63) is 154 Å². The van der Waals surface area contributed by atoms with Crippen molar-refractivity contribution in [2.45, 2.75) is 5.41 Å². The van der Waals surface area contributed by atoms with Gasteiger partial charge in [0.1, 0.15) is 0 Å². The fourth-order valence-electron chi connectivity index (χ4n) is 7.28. The Labute approximate surface area is 239 Å². The molecular formula is C37H21BrS. The summed E-state index contributed by atoms with van der Waals surface area (Å²) in [4.78, 5) is 0. The van der Waals surface area contributed by atoms with E-state index >= 15 is 0 Å². The van der Waals surface area contributed by atoms with E-state index < -0.39 is 5.41 Å². The Morgan fingerprint density at radius 1 is 0.410 bits per heavy atom. The number of rotatable bonds is 0. The molecule has 1 unspecified atom stereocenters. The zero-order valence-corrected chi connectivity index (χ0v) is 23.3. The van der Waals surface area contributed by atoms with Gasteiger partial charge in [-0.1, -0.05) is 113 Å². The molecule has 0 saturated heterocycles.